The molecule has 0 bridgehead atoms. The Morgan fingerprint density at radius 2 is 1.79 bits per heavy atom. The molecule has 2 aliphatic carbocycles. The maximum absolute atomic E-state index is 9.55. The number of carboxylic acids is 2. The third-order valence-corrected chi connectivity index (χ3v) is 7.26. The van der Waals surface area contributed by atoms with Crippen LogP contribution in [0.4, 0.5) is 0 Å². The molecular formula is C26H28N2O4S. The van der Waals surface area contributed by atoms with E-state index in [4.69, 9.17) is 10.2 Å². The van der Waals surface area contributed by atoms with Gasteiger partial charge in [-0.2, -0.15) is 0 Å². The molecule has 1 aromatic rings. The number of carboxylic acid groups (broad SMARTS) is 2. The lowest BCUT2D eigenvalue weighted by molar-refractivity contribution is -0.134. The molecule has 0 spiro atoms. The van der Waals surface area contributed by atoms with Gasteiger partial charge in [-0.1, -0.05) is 36.1 Å². The third-order valence-electron chi connectivity index (χ3n) is 6.05. The predicted octanol–water partition coefficient (Wildman–Crippen LogP) is 2.66. The molecule has 2 aliphatic heterocycles. The summed E-state index contributed by atoms with van der Waals surface area (Å²) in [7, 11) is 2.23. The Balaban J connectivity index is 0.000000281. The SMILES string of the molecule is CN1CCN(C2=c3cc4c(cc3SC3=CCCCC3=C2)=CC=C4)CC1.O=C(O)/C=C\C(=O)O. The number of aliphatic carboxylic acids is 2. The van der Waals surface area contributed by atoms with Gasteiger partial charge in [-0.3, -0.25) is 0 Å². The molecule has 1 saturated heterocycles. The van der Waals surface area contributed by atoms with Crippen LogP contribution in [0.2, 0.25) is 0 Å². The van der Waals surface area contributed by atoms with Gasteiger partial charge in [0.15, 0.2) is 0 Å². The van der Waals surface area contributed by atoms with E-state index in [9.17, 15) is 9.59 Å². The highest BCUT2D eigenvalue weighted by Crippen LogP contribution is 2.39. The fraction of sp³-hybridized carbons (Fsp3) is 0.308. The zero-order valence-electron chi connectivity index (χ0n) is 18.7. The van der Waals surface area contributed by atoms with Crippen LogP contribution in [0, 0.1) is 0 Å². The first-order valence-corrected chi connectivity index (χ1v) is 12.0. The number of benzene rings is 1. The summed E-state index contributed by atoms with van der Waals surface area (Å²) in [6, 6.07) is 4.82. The first kappa shape index (κ1) is 23.1. The van der Waals surface area contributed by atoms with Gasteiger partial charge in [0.05, 0.1) is 0 Å². The number of carbonyl (C=O) groups is 2. The molecule has 0 atom stereocenters. The Morgan fingerprint density at radius 1 is 1.06 bits per heavy atom. The minimum atomic E-state index is -1.26. The molecule has 6 nitrogen and oxygen atoms in total. The second kappa shape index (κ2) is 10.3. The van der Waals surface area contributed by atoms with E-state index < -0.39 is 11.9 Å². The predicted molar refractivity (Wildman–Crippen MR) is 132 cm³/mol. The first-order chi connectivity index (χ1) is 15.9. The molecule has 33 heavy (non-hydrogen) atoms. The topological polar surface area (TPSA) is 81.1 Å². The van der Waals surface area contributed by atoms with E-state index in [1.165, 1.54) is 50.8 Å². The Morgan fingerprint density at radius 3 is 2.48 bits per heavy atom. The van der Waals surface area contributed by atoms with Crippen molar-refractivity contribution in [2.45, 2.75) is 24.2 Å². The van der Waals surface area contributed by atoms with Crippen molar-refractivity contribution in [3.05, 3.63) is 69.0 Å². The first-order valence-electron chi connectivity index (χ1n) is 11.1. The van der Waals surface area contributed by atoms with Gasteiger partial charge in [0.25, 0.3) is 0 Å². The third kappa shape index (κ3) is 5.67. The van der Waals surface area contributed by atoms with Crippen molar-refractivity contribution in [2.75, 3.05) is 33.2 Å². The Bertz CT molecular complexity index is 1190. The zero-order chi connectivity index (χ0) is 23.4. The van der Waals surface area contributed by atoms with Gasteiger partial charge in [0, 0.05) is 59.0 Å². The summed E-state index contributed by atoms with van der Waals surface area (Å²) in [6.45, 7) is 4.54. The van der Waals surface area contributed by atoms with Gasteiger partial charge in [0.2, 0.25) is 0 Å². The maximum Gasteiger partial charge on any atom is 0.328 e. The van der Waals surface area contributed by atoms with Crippen molar-refractivity contribution in [1.29, 1.82) is 0 Å². The van der Waals surface area contributed by atoms with Gasteiger partial charge < -0.3 is 20.0 Å². The van der Waals surface area contributed by atoms with Crippen molar-refractivity contribution >= 4 is 41.5 Å². The van der Waals surface area contributed by atoms with E-state index >= 15 is 0 Å². The van der Waals surface area contributed by atoms with Crippen molar-refractivity contribution < 1.29 is 19.8 Å². The lowest BCUT2D eigenvalue weighted by Gasteiger charge is -2.35. The highest BCUT2D eigenvalue weighted by atomic mass is 32.2. The molecule has 4 aliphatic rings. The van der Waals surface area contributed by atoms with E-state index in [1.807, 2.05) is 11.8 Å². The van der Waals surface area contributed by atoms with E-state index in [0.717, 1.165) is 26.2 Å². The van der Waals surface area contributed by atoms with E-state index in [1.54, 1.807) is 5.57 Å². The van der Waals surface area contributed by atoms with Crippen LogP contribution in [0.15, 0.2) is 57.9 Å². The van der Waals surface area contributed by atoms with Crippen LogP contribution in [0.5, 0.6) is 0 Å². The molecular weight excluding hydrogens is 436 g/mol. The zero-order valence-corrected chi connectivity index (χ0v) is 19.5. The van der Waals surface area contributed by atoms with Crippen LogP contribution in [-0.2, 0) is 9.59 Å². The standard InChI is InChI=1S/C22H24N2S.C4H4O4/c1-23-9-11-24(12-10-23)20-14-18-5-2-3-8-21(18)25-22-15-17-7-4-6-16(17)13-19(20)22;5-3(6)1-2-4(7)8/h4,6-8,13-15H,2-3,5,9-12H2,1H3;1-2H,(H,5,6)(H,7,8)/b;2-1-. The molecule has 2 N–H and O–H groups in total. The van der Waals surface area contributed by atoms with Crippen molar-refractivity contribution in [3.63, 3.8) is 0 Å². The molecule has 172 valence electrons. The summed E-state index contributed by atoms with van der Waals surface area (Å²) in [5.41, 5.74) is 4.35. The molecule has 7 heteroatoms. The lowest BCUT2D eigenvalue weighted by Crippen LogP contribution is -2.44. The van der Waals surface area contributed by atoms with Gasteiger partial charge in [-0.25, -0.2) is 9.59 Å². The molecule has 1 aromatic carbocycles. The number of allylic oxidation sites excluding steroid dienone is 3. The molecule has 0 unspecified atom stereocenters. The Hall–Kier alpha value is -3.03. The quantitative estimate of drug-likeness (QED) is 0.666. The fourth-order valence-electron chi connectivity index (χ4n) is 4.28. The number of hydrogen-bond donors (Lipinski definition) is 2. The monoisotopic (exact) mass is 464 g/mol. The molecule has 5 rings (SSSR count). The average molecular weight is 465 g/mol. The van der Waals surface area contributed by atoms with Crippen molar-refractivity contribution in [1.82, 2.24) is 9.80 Å². The normalized spacial score (nSPS) is 19.3. The van der Waals surface area contributed by atoms with Crippen LogP contribution in [0.25, 0.3) is 17.8 Å². The largest absolute Gasteiger partial charge is 0.478 e. The van der Waals surface area contributed by atoms with Crippen molar-refractivity contribution in [3.8, 4) is 0 Å². The highest BCUT2D eigenvalue weighted by Gasteiger charge is 2.22. The summed E-state index contributed by atoms with van der Waals surface area (Å²) in [6.07, 6.45) is 16.4. The van der Waals surface area contributed by atoms with E-state index in [0.29, 0.717) is 12.2 Å². The Labute approximate surface area is 197 Å². The molecule has 0 saturated carbocycles. The van der Waals surface area contributed by atoms with E-state index in [-0.39, 0.29) is 0 Å². The molecule has 0 aromatic heterocycles. The smallest absolute Gasteiger partial charge is 0.328 e. The van der Waals surface area contributed by atoms with Crippen LogP contribution in [0.3, 0.4) is 0 Å². The second-order valence-electron chi connectivity index (χ2n) is 8.42. The number of nitrogens with zero attached hydrogens (tertiary/aromatic N) is 2. The van der Waals surface area contributed by atoms with Crippen molar-refractivity contribution in [2.24, 2.45) is 0 Å². The van der Waals surface area contributed by atoms with Crippen LogP contribution in [0.1, 0.15) is 24.8 Å². The number of hydrogen-bond acceptors (Lipinski definition) is 5. The van der Waals surface area contributed by atoms with Gasteiger partial charge >= 0.3 is 11.9 Å². The minimum absolute atomic E-state index is 0.558. The van der Waals surface area contributed by atoms with Crippen LogP contribution >= 0.6 is 11.8 Å². The van der Waals surface area contributed by atoms with Crippen LogP contribution in [-0.4, -0.2) is 65.2 Å². The summed E-state index contributed by atoms with van der Waals surface area (Å²) >= 11 is 1.98. The summed E-state index contributed by atoms with van der Waals surface area (Å²) < 4.78 is 0. The minimum Gasteiger partial charge on any atom is -0.478 e. The van der Waals surface area contributed by atoms with Gasteiger partial charge in [0.1, 0.15) is 0 Å². The van der Waals surface area contributed by atoms with Gasteiger partial charge in [-0.15, -0.1) is 0 Å². The number of piperazine rings is 1. The maximum atomic E-state index is 9.55. The summed E-state index contributed by atoms with van der Waals surface area (Å²) in [5.74, 6) is -2.51. The fourth-order valence-corrected chi connectivity index (χ4v) is 5.47. The number of fused-ring (bicyclic) bond motifs is 3. The van der Waals surface area contributed by atoms with Crippen LogP contribution < -0.4 is 10.4 Å². The number of thioether (sulfide) groups is 1. The molecule has 0 amide bonds. The summed E-state index contributed by atoms with van der Waals surface area (Å²) in [4.78, 5) is 27.1. The molecule has 0 radical (unpaired) electrons. The number of rotatable bonds is 3. The molecule has 2 heterocycles. The highest BCUT2D eigenvalue weighted by molar-refractivity contribution is 8.03. The second-order valence-corrected chi connectivity index (χ2v) is 9.50. The molecule has 1 fully saturated rings. The van der Waals surface area contributed by atoms with E-state index in [2.05, 4.69) is 59.4 Å². The lowest BCUT2D eigenvalue weighted by atomic mass is 9.99. The Kier molecular flexibility index (Phi) is 7.20. The number of likely N-dealkylation sites (N-methyl/N-ethyl adjacent to an activating group) is 1. The average Bonchev–Trinajstić information content (AvgIpc) is 3.18. The van der Waals surface area contributed by atoms with Gasteiger partial charge in [-0.05, 0) is 60.9 Å². The summed E-state index contributed by atoms with van der Waals surface area (Å²) in [5, 5.41) is 18.4.